The summed E-state index contributed by atoms with van der Waals surface area (Å²) in [4.78, 5) is 10.7. The average molecular weight is 205 g/mol. The number of aliphatic hydroxyl groups is 1. The summed E-state index contributed by atoms with van der Waals surface area (Å²) in [5.74, 6) is 0. The van der Waals surface area contributed by atoms with Gasteiger partial charge in [0.25, 0.3) is 0 Å². The molecule has 1 saturated heterocycles. The van der Waals surface area contributed by atoms with Crippen molar-refractivity contribution in [3.63, 3.8) is 0 Å². The lowest BCUT2D eigenvalue weighted by atomic mass is 9.84. The largest absolute Gasteiger partial charge is 0.385 e. The normalized spacial score (nSPS) is 19.8. The zero-order valence-corrected chi connectivity index (χ0v) is 8.57. The highest BCUT2D eigenvalue weighted by molar-refractivity contribution is 5.75. The quantitative estimate of drug-likeness (QED) is 0.710. The van der Waals surface area contributed by atoms with Crippen LogP contribution in [0.15, 0.2) is 24.3 Å². The second-order valence-electron chi connectivity index (χ2n) is 4.02. The van der Waals surface area contributed by atoms with Crippen LogP contribution >= 0.6 is 0 Å². The van der Waals surface area contributed by atoms with Crippen molar-refractivity contribution in [2.45, 2.75) is 18.4 Å². The number of piperidine rings is 1. The van der Waals surface area contributed by atoms with Crippen molar-refractivity contribution in [1.29, 1.82) is 0 Å². The Kier molecular flexibility index (Phi) is 2.84. The first-order valence-electron chi connectivity index (χ1n) is 5.23. The fraction of sp³-hybridized carbons (Fsp3) is 0.417. The lowest BCUT2D eigenvalue weighted by molar-refractivity contribution is 0.00592. The molecule has 0 aromatic heterocycles. The van der Waals surface area contributed by atoms with Crippen molar-refractivity contribution in [2.75, 3.05) is 13.1 Å². The monoisotopic (exact) mass is 205 g/mol. The van der Waals surface area contributed by atoms with Gasteiger partial charge in [-0.3, -0.25) is 4.79 Å². The third-order valence-electron chi connectivity index (χ3n) is 2.99. The third kappa shape index (κ3) is 2.08. The summed E-state index contributed by atoms with van der Waals surface area (Å²) in [5, 5.41) is 13.6. The zero-order chi connectivity index (χ0) is 10.7. The Bertz CT molecular complexity index is 356. The first-order valence-corrected chi connectivity index (χ1v) is 5.23. The van der Waals surface area contributed by atoms with E-state index in [9.17, 15) is 9.90 Å². The summed E-state index contributed by atoms with van der Waals surface area (Å²) in [6, 6.07) is 7.23. The van der Waals surface area contributed by atoms with E-state index in [2.05, 4.69) is 5.32 Å². The van der Waals surface area contributed by atoms with E-state index in [1.54, 1.807) is 12.1 Å². The van der Waals surface area contributed by atoms with Crippen molar-refractivity contribution in [3.8, 4) is 0 Å². The van der Waals surface area contributed by atoms with Gasteiger partial charge >= 0.3 is 0 Å². The van der Waals surface area contributed by atoms with Crippen LogP contribution in [0.1, 0.15) is 28.8 Å². The Morgan fingerprint density at radius 2 is 2.07 bits per heavy atom. The Hall–Kier alpha value is -1.19. The first-order chi connectivity index (χ1) is 7.24. The highest BCUT2D eigenvalue weighted by Gasteiger charge is 2.30. The predicted molar refractivity (Wildman–Crippen MR) is 57.8 cm³/mol. The van der Waals surface area contributed by atoms with E-state index in [1.807, 2.05) is 12.1 Å². The Labute approximate surface area is 89.1 Å². The van der Waals surface area contributed by atoms with Crippen LogP contribution < -0.4 is 5.32 Å². The fourth-order valence-corrected chi connectivity index (χ4v) is 2.03. The van der Waals surface area contributed by atoms with Crippen LogP contribution in [0.2, 0.25) is 0 Å². The third-order valence-corrected chi connectivity index (χ3v) is 2.99. The van der Waals surface area contributed by atoms with Crippen LogP contribution in [-0.2, 0) is 5.60 Å². The summed E-state index contributed by atoms with van der Waals surface area (Å²) in [7, 11) is 0. The standard InChI is InChI=1S/C12H15NO2/c14-9-10-2-1-3-11(8-10)12(15)4-6-13-7-5-12/h1-3,8-9,13,15H,4-7H2. The summed E-state index contributed by atoms with van der Waals surface area (Å²) in [6.07, 6.45) is 2.22. The molecule has 0 atom stereocenters. The minimum absolute atomic E-state index is 0.624. The molecule has 3 nitrogen and oxygen atoms in total. The van der Waals surface area contributed by atoms with Gasteiger partial charge in [-0.25, -0.2) is 0 Å². The van der Waals surface area contributed by atoms with Crippen molar-refractivity contribution in [3.05, 3.63) is 35.4 Å². The van der Waals surface area contributed by atoms with Crippen LogP contribution in [0, 0.1) is 0 Å². The average Bonchev–Trinajstić information content (AvgIpc) is 2.30. The predicted octanol–water partition coefficient (Wildman–Crippen LogP) is 1.07. The highest BCUT2D eigenvalue weighted by Crippen LogP contribution is 2.30. The molecular formula is C12H15NO2. The van der Waals surface area contributed by atoms with Gasteiger partial charge < -0.3 is 10.4 Å². The molecule has 1 aliphatic heterocycles. The van der Waals surface area contributed by atoms with Gasteiger partial charge in [-0.05, 0) is 37.6 Å². The van der Waals surface area contributed by atoms with Crippen molar-refractivity contribution in [1.82, 2.24) is 5.32 Å². The maximum atomic E-state index is 10.7. The maximum absolute atomic E-state index is 10.7. The van der Waals surface area contributed by atoms with E-state index in [0.717, 1.165) is 24.9 Å². The van der Waals surface area contributed by atoms with Gasteiger partial charge in [-0.2, -0.15) is 0 Å². The molecule has 3 heteroatoms. The molecule has 0 saturated carbocycles. The number of carbonyl (C=O) groups excluding carboxylic acids is 1. The Balaban J connectivity index is 2.30. The van der Waals surface area contributed by atoms with E-state index in [-0.39, 0.29) is 0 Å². The van der Waals surface area contributed by atoms with Gasteiger partial charge in [0.2, 0.25) is 0 Å². The van der Waals surface area contributed by atoms with Crippen LogP contribution in [0.25, 0.3) is 0 Å². The molecule has 2 rings (SSSR count). The number of nitrogens with one attached hydrogen (secondary N) is 1. The van der Waals surface area contributed by atoms with Crippen molar-refractivity contribution >= 4 is 6.29 Å². The molecule has 1 heterocycles. The summed E-state index contributed by atoms with van der Waals surface area (Å²) in [5.41, 5.74) is 0.720. The molecule has 1 fully saturated rings. The van der Waals surface area contributed by atoms with Gasteiger partial charge in [0, 0.05) is 5.56 Å². The van der Waals surface area contributed by atoms with Gasteiger partial charge in [0.15, 0.2) is 0 Å². The zero-order valence-electron chi connectivity index (χ0n) is 8.57. The highest BCUT2D eigenvalue weighted by atomic mass is 16.3. The maximum Gasteiger partial charge on any atom is 0.150 e. The minimum Gasteiger partial charge on any atom is -0.385 e. The SMILES string of the molecule is O=Cc1cccc(C2(O)CCNCC2)c1. The van der Waals surface area contributed by atoms with E-state index >= 15 is 0 Å². The molecule has 15 heavy (non-hydrogen) atoms. The van der Waals surface area contributed by atoms with Crippen molar-refractivity contribution in [2.24, 2.45) is 0 Å². The fourth-order valence-electron chi connectivity index (χ4n) is 2.03. The van der Waals surface area contributed by atoms with Crippen LogP contribution in [-0.4, -0.2) is 24.5 Å². The van der Waals surface area contributed by atoms with Crippen LogP contribution in [0.5, 0.6) is 0 Å². The van der Waals surface area contributed by atoms with E-state index in [0.29, 0.717) is 18.4 Å². The molecule has 0 unspecified atom stereocenters. The minimum atomic E-state index is -0.760. The Morgan fingerprint density at radius 1 is 1.33 bits per heavy atom. The van der Waals surface area contributed by atoms with Crippen LogP contribution in [0.3, 0.4) is 0 Å². The number of hydrogen-bond donors (Lipinski definition) is 2. The van der Waals surface area contributed by atoms with E-state index in [4.69, 9.17) is 0 Å². The molecule has 0 radical (unpaired) electrons. The van der Waals surface area contributed by atoms with Crippen molar-refractivity contribution < 1.29 is 9.90 Å². The summed E-state index contributed by atoms with van der Waals surface area (Å²) >= 11 is 0. The Morgan fingerprint density at radius 3 is 2.73 bits per heavy atom. The van der Waals surface area contributed by atoms with E-state index < -0.39 is 5.60 Å². The molecule has 0 aliphatic carbocycles. The summed E-state index contributed by atoms with van der Waals surface area (Å²) in [6.45, 7) is 1.64. The number of rotatable bonds is 2. The summed E-state index contributed by atoms with van der Waals surface area (Å²) < 4.78 is 0. The molecule has 2 N–H and O–H groups in total. The topological polar surface area (TPSA) is 49.3 Å². The number of hydrogen-bond acceptors (Lipinski definition) is 3. The molecule has 0 spiro atoms. The molecule has 1 aliphatic rings. The second-order valence-corrected chi connectivity index (χ2v) is 4.02. The number of carbonyl (C=O) groups is 1. The molecular weight excluding hydrogens is 190 g/mol. The first kappa shape index (κ1) is 10.3. The number of benzene rings is 1. The van der Waals surface area contributed by atoms with Gasteiger partial charge in [-0.1, -0.05) is 18.2 Å². The van der Waals surface area contributed by atoms with Gasteiger partial charge in [0.1, 0.15) is 6.29 Å². The molecule has 1 aromatic rings. The van der Waals surface area contributed by atoms with E-state index in [1.165, 1.54) is 0 Å². The van der Waals surface area contributed by atoms with Gasteiger partial charge in [-0.15, -0.1) is 0 Å². The smallest absolute Gasteiger partial charge is 0.150 e. The molecule has 1 aromatic carbocycles. The lowest BCUT2D eigenvalue weighted by Gasteiger charge is -2.33. The lowest BCUT2D eigenvalue weighted by Crippen LogP contribution is -2.39. The molecule has 0 bridgehead atoms. The van der Waals surface area contributed by atoms with Crippen LogP contribution in [0.4, 0.5) is 0 Å². The molecule has 80 valence electrons. The second kappa shape index (κ2) is 4.13. The molecule has 0 amide bonds. The number of aldehydes is 1. The van der Waals surface area contributed by atoms with Gasteiger partial charge in [0.05, 0.1) is 5.60 Å².